The van der Waals surface area contributed by atoms with E-state index < -0.39 is 5.60 Å². The predicted molar refractivity (Wildman–Crippen MR) is 72.4 cm³/mol. The van der Waals surface area contributed by atoms with Crippen LogP contribution in [-0.4, -0.2) is 41.6 Å². The van der Waals surface area contributed by atoms with Gasteiger partial charge in [-0.05, 0) is 46.5 Å². The molecule has 1 aliphatic heterocycles. The Hall–Kier alpha value is -1.70. The summed E-state index contributed by atoms with van der Waals surface area (Å²) >= 11 is 0. The second kappa shape index (κ2) is 6.46. The highest BCUT2D eigenvalue weighted by molar-refractivity contribution is 5.93. The first kappa shape index (κ1) is 15.4. The summed E-state index contributed by atoms with van der Waals surface area (Å²) in [4.78, 5) is 25.0. The number of ether oxygens (including phenoxy) is 1. The third-order valence-electron chi connectivity index (χ3n) is 2.65. The lowest BCUT2D eigenvalue weighted by Gasteiger charge is -2.34. The number of carbonyl (C=O) groups excluding carboxylic acids is 2. The third-order valence-corrected chi connectivity index (χ3v) is 2.65. The number of nitrogens with one attached hydrogen (secondary N) is 1. The molecule has 1 fully saturated rings. The summed E-state index contributed by atoms with van der Waals surface area (Å²) < 4.78 is 5.32. The Morgan fingerprint density at radius 3 is 2.63 bits per heavy atom. The molecule has 19 heavy (non-hydrogen) atoms. The fourth-order valence-corrected chi connectivity index (χ4v) is 1.92. The Bertz CT molecular complexity index is 401. The van der Waals surface area contributed by atoms with Crippen LogP contribution >= 0.6 is 0 Å². The molecule has 1 saturated heterocycles. The van der Waals surface area contributed by atoms with Crippen molar-refractivity contribution in [3.8, 4) is 11.8 Å². The maximum absolute atomic E-state index is 11.9. The summed E-state index contributed by atoms with van der Waals surface area (Å²) in [7, 11) is 0. The van der Waals surface area contributed by atoms with Gasteiger partial charge in [-0.25, -0.2) is 4.79 Å². The lowest BCUT2D eigenvalue weighted by molar-refractivity contribution is -0.116. The number of carbonyl (C=O) groups is 2. The number of piperidine rings is 1. The van der Waals surface area contributed by atoms with Crippen LogP contribution in [0.1, 0.15) is 40.5 Å². The molecule has 106 valence electrons. The van der Waals surface area contributed by atoms with Gasteiger partial charge < -0.3 is 15.0 Å². The van der Waals surface area contributed by atoms with E-state index in [1.54, 1.807) is 11.8 Å². The van der Waals surface area contributed by atoms with Crippen molar-refractivity contribution in [3.05, 3.63) is 0 Å². The van der Waals surface area contributed by atoms with E-state index in [1.165, 1.54) is 0 Å². The SMILES string of the molecule is CC#CC(=O)N[C@H]1CCCN(C(=O)OC(C)(C)C)C1. The average Bonchev–Trinajstić information content (AvgIpc) is 2.27. The number of rotatable bonds is 1. The first-order chi connectivity index (χ1) is 8.81. The van der Waals surface area contributed by atoms with Gasteiger partial charge in [0, 0.05) is 19.1 Å². The molecule has 0 saturated carbocycles. The molecule has 1 atom stereocenters. The summed E-state index contributed by atoms with van der Waals surface area (Å²) in [5, 5.41) is 2.81. The van der Waals surface area contributed by atoms with Crippen molar-refractivity contribution in [1.29, 1.82) is 0 Å². The summed E-state index contributed by atoms with van der Waals surface area (Å²) in [5.41, 5.74) is -0.499. The molecule has 0 aromatic rings. The molecule has 0 bridgehead atoms. The molecular weight excluding hydrogens is 244 g/mol. The van der Waals surface area contributed by atoms with Crippen molar-refractivity contribution in [1.82, 2.24) is 10.2 Å². The fourth-order valence-electron chi connectivity index (χ4n) is 1.92. The minimum Gasteiger partial charge on any atom is -0.444 e. The van der Waals surface area contributed by atoms with E-state index >= 15 is 0 Å². The molecule has 0 radical (unpaired) electrons. The molecule has 2 amide bonds. The van der Waals surface area contributed by atoms with Crippen LogP contribution in [0.5, 0.6) is 0 Å². The predicted octanol–water partition coefficient (Wildman–Crippen LogP) is 1.53. The van der Waals surface area contributed by atoms with E-state index in [0.29, 0.717) is 13.1 Å². The number of hydrogen-bond donors (Lipinski definition) is 1. The molecule has 0 unspecified atom stereocenters. The normalized spacial score (nSPS) is 19.2. The molecule has 0 aliphatic carbocycles. The highest BCUT2D eigenvalue weighted by Gasteiger charge is 2.27. The Morgan fingerprint density at radius 2 is 2.05 bits per heavy atom. The van der Waals surface area contributed by atoms with E-state index in [-0.39, 0.29) is 18.0 Å². The van der Waals surface area contributed by atoms with Crippen LogP contribution < -0.4 is 5.32 Å². The van der Waals surface area contributed by atoms with Gasteiger partial charge >= 0.3 is 6.09 Å². The number of nitrogens with zero attached hydrogens (tertiary/aromatic N) is 1. The van der Waals surface area contributed by atoms with Crippen LogP contribution in [0.4, 0.5) is 4.79 Å². The van der Waals surface area contributed by atoms with Gasteiger partial charge in [-0.1, -0.05) is 5.92 Å². The van der Waals surface area contributed by atoms with Gasteiger partial charge in [0.2, 0.25) is 0 Å². The van der Waals surface area contributed by atoms with Gasteiger partial charge in [0.25, 0.3) is 5.91 Å². The molecule has 1 N–H and O–H groups in total. The van der Waals surface area contributed by atoms with Crippen LogP contribution in [0.2, 0.25) is 0 Å². The molecule has 5 heteroatoms. The van der Waals surface area contributed by atoms with Crippen molar-refractivity contribution in [3.63, 3.8) is 0 Å². The second-order valence-electron chi connectivity index (χ2n) is 5.61. The van der Waals surface area contributed by atoms with Crippen molar-refractivity contribution >= 4 is 12.0 Å². The van der Waals surface area contributed by atoms with Crippen LogP contribution in [0.3, 0.4) is 0 Å². The highest BCUT2D eigenvalue weighted by atomic mass is 16.6. The van der Waals surface area contributed by atoms with Crippen LogP contribution in [-0.2, 0) is 9.53 Å². The largest absolute Gasteiger partial charge is 0.444 e. The van der Waals surface area contributed by atoms with Crippen LogP contribution in [0.15, 0.2) is 0 Å². The van der Waals surface area contributed by atoms with Crippen LogP contribution in [0.25, 0.3) is 0 Å². The zero-order valence-electron chi connectivity index (χ0n) is 12.1. The van der Waals surface area contributed by atoms with Crippen molar-refractivity contribution < 1.29 is 14.3 Å². The maximum atomic E-state index is 11.9. The van der Waals surface area contributed by atoms with E-state index in [0.717, 1.165) is 12.8 Å². The zero-order chi connectivity index (χ0) is 14.5. The van der Waals surface area contributed by atoms with Gasteiger partial charge in [0.05, 0.1) is 0 Å². The Morgan fingerprint density at radius 1 is 1.37 bits per heavy atom. The van der Waals surface area contributed by atoms with Crippen molar-refractivity contribution in [2.75, 3.05) is 13.1 Å². The van der Waals surface area contributed by atoms with Gasteiger partial charge in [0.1, 0.15) is 5.60 Å². The van der Waals surface area contributed by atoms with Crippen molar-refractivity contribution in [2.24, 2.45) is 0 Å². The first-order valence-electron chi connectivity index (χ1n) is 6.53. The van der Waals surface area contributed by atoms with E-state index in [4.69, 9.17) is 4.74 Å². The summed E-state index contributed by atoms with van der Waals surface area (Å²) in [6.45, 7) is 8.28. The molecule has 0 aromatic heterocycles. The Labute approximate surface area is 114 Å². The van der Waals surface area contributed by atoms with E-state index in [1.807, 2.05) is 20.8 Å². The minimum atomic E-state index is -0.499. The first-order valence-corrected chi connectivity index (χ1v) is 6.53. The van der Waals surface area contributed by atoms with Gasteiger partial charge in [-0.2, -0.15) is 0 Å². The Balaban J connectivity index is 2.51. The average molecular weight is 266 g/mol. The monoisotopic (exact) mass is 266 g/mol. The lowest BCUT2D eigenvalue weighted by atomic mass is 10.1. The quantitative estimate of drug-likeness (QED) is 0.732. The summed E-state index contributed by atoms with van der Waals surface area (Å²) in [5.74, 6) is 4.70. The topological polar surface area (TPSA) is 58.6 Å². The van der Waals surface area contributed by atoms with E-state index in [9.17, 15) is 9.59 Å². The maximum Gasteiger partial charge on any atom is 0.410 e. The minimum absolute atomic E-state index is 0.0466. The molecule has 0 aromatic carbocycles. The van der Waals surface area contributed by atoms with Gasteiger partial charge in [0.15, 0.2) is 0 Å². The number of amides is 2. The molecule has 1 heterocycles. The highest BCUT2D eigenvalue weighted by Crippen LogP contribution is 2.15. The molecular formula is C14H22N2O3. The molecule has 1 rings (SSSR count). The number of likely N-dealkylation sites (tertiary alicyclic amines) is 1. The standard InChI is InChI=1S/C14H22N2O3/c1-5-7-12(17)15-11-8-6-9-16(10-11)13(18)19-14(2,3)4/h11H,6,8-10H2,1-4H3,(H,15,17)/t11-/m0/s1. The molecule has 5 nitrogen and oxygen atoms in total. The summed E-state index contributed by atoms with van der Waals surface area (Å²) in [6, 6.07) is -0.0466. The van der Waals surface area contributed by atoms with Crippen LogP contribution in [0, 0.1) is 11.8 Å². The van der Waals surface area contributed by atoms with Gasteiger partial charge in [-0.15, -0.1) is 0 Å². The smallest absolute Gasteiger partial charge is 0.410 e. The van der Waals surface area contributed by atoms with E-state index in [2.05, 4.69) is 17.2 Å². The lowest BCUT2D eigenvalue weighted by Crippen LogP contribution is -2.50. The summed E-state index contributed by atoms with van der Waals surface area (Å²) in [6.07, 6.45) is 1.38. The molecule has 1 aliphatic rings. The zero-order valence-corrected chi connectivity index (χ0v) is 12.1. The Kier molecular flexibility index (Phi) is 5.22. The molecule has 0 spiro atoms. The third kappa shape index (κ3) is 5.64. The van der Waals surface area contributed by atoms with Gasteiger partial charge in [-0.3, -0.25) is 4.79 Å². The number of hydrogen-bond acceptors (Lipinski definition) is 3. The fraction of sp³-hybridized carbons (Fsp3) is 0.714. The van der Waals surface area contributed by atoms with Crippen molar-refractivity contribution in [2.45, 2.75) is 52.2 Å². The second-order valence-corrected chi connectivity index (χ2v) is 5.61.